The molecule has 0 saturated heterocycles. The fourth-order valence-electron chi connectivity index (χ4n) is 2.11. The first-order valence-corrected chi connectivity index (χ1v) is 6.84. The van der Waals surface area contributed by atoms with E-state index in [9.17, 15) is 0 Å². The molecular weight excluding hydrogens is 256 g/mol. The van der Waals surface area contributed by atoms with Gasteiger partial charge in [-0.05, 0) is 48.0 Å². The number of ether oxygens (including phenoxy) is 2. The Kier molecular flexibility index (Phi) is 3.13. The SMILES string of the molecule is COc1ccc(-c2cc3c(OC)cccc3s2)cc1. The lowest BCUT2D eigenvalue weighted by Gasteiger charge is -2.00. The Hall–Kier alpha value is -2.00. The van der Waals surface area contributed by atoms with Crippen molar-refractivity contribution in [3.63, 3.8) is 0 Å². The van der Waals surface area contributed by atoms with E-state index in [0.29, 0.717) is 0 Å². The van der Waals surface area contributed by atoms with Crippen molar-refractivity contribution < 1.29 is 9.47 Å². The van der Waals surface area contributed by atoms with Crippen LogP contribution < -0.4 is 9.47 Å². The molecule has 2 aromatic carbocycles. The second kappa shape index (κ2) is 4.94. The highest BCUT2D eigenvalue weighted by atomic mass is 32.1. The number of hydrogen-bond donors (Lipinski definition) is 0. The first-order chi connectivity index (χ1) is 9.31. The van der Waals surface area contributed by atoms with E-state index < -0.39 is 0 Å². The van der Waals surface area contributed by atoms with Crippen LogP contribution in [0, 0.1) is 0 Å². The van der Waals surface area contributed by atoms with Crippen molar-refractivity contribution in [2.75, 3.05) is 14.2 Å². The topological polar surface area (TPSA) is 18.5 Å². The van der Waals surface area contributed by atoms with E-state index in [2.05, 4.69) is 24.3 Å². The molecule has 3 heteroatoms. The molecule has 0 aliphatic heterocycles. The second-order valence-electron chi connectivity index (χ2n) is 4.21. The fourth-order valence-corrected chi connectivity index (χ4v) is 3.19. The number of methoxy groups -OCH3 is 2. The highest BCUT2D eigenvalue weighted by Crippen LogP contribution is 2.38. The van der Waals surface area contributed by atoms with E-state index in [4.69, 9.17) is 9.47 Å². The van der Waals surface area contributed by atoms with Gasteiger partial charge in [-0.1, -0.05) is 6.07 Å². The third-order valence-corrected chi connectivity index (χ3v) is 4.27. The molecule has 0 bridgehead atoms. The van der Waals surface area contributed by atoms with Crippen molar-refractivity contribution in [2.45, 2.75) is 0 Å². The molecule has 0 aliphatic carbocycles. The predicted octanol–water partition coefficient (Wildman–Crippen LogP) is 4.59. The minimum Gasteiger partial charge on any atom is -0.497 e. The molecule has 3 rings (SSSR count). The average molecular weight is 270 g/mol. The molecule has 0 saturated carbocycles. The minimum absolute atomic E-state index is 0.877. The summed E-state index contributed by atoms with van der Waals surface area (Å²) < 4.78 is 11.8. The molecule has 0 amide bonds. The van der Waals surface area contributed by atoms with E-state index >= 15 is 0 Å². The smallest absolute Gasteiger partial charge is 0.127 e. The molecule has 3 aromatic rings. The van der Waals surface area contributed by atoms with Gasteiger partial charge in [-0.2, -0.15) is 0 Å². The van der Waals surface area contributed by atoms with E-state index in [1.807, 2.05) is 24.3 Å². The van der Waals surface area contributed by atoms with Gasteiger partial charge in [0, 0.05) is 15.0 Å². The third-order valence-electron chi connectivity index (χ3n) is 3.12. The van der Waals surface area contributed by atoms with Crippen molar-refractivity contribution in [1.82, 2.24) is 0 Å². The van der Waals surface area contributed by atoms with E-state index in [0.717, 1.165) is 11.5 Å². The first kappa shape index (κ1) is 12.1. The Morgan fingerprint density at radius 3 is 2.37 bits per heavy atom. The number of benzene rings is 2. The summed E-state index contributed by atoms with van der Waals surface area (Å²) in [7, 11) is 3.39. The molecule has 19 heavy (non-hydrogen) atoms. The van der Waals surface area contributed by atoms with Crippen LogP contribution in [0.5, 0.6) is 11.5 Å². The predicted molar refractivity (Wildman–Crippen MR) is 80.4 cm³/mol. The van der Waals surface area contributed by atoms with Gasteiger partial charge in [-0.3, -0.25) is 0 Å². The maximum Gasteiger partial charge on any atom is 0.127 e. The van der Waals surface area contributed by atoms with E-state index in [1.165, 1.54) is 20.5 Å². The van der Waals surface area contributed by atoms with Gasteiger partial charge in [0.2, 0.25) is 0 Å². The van der Waals surface area contributed by atoms with Crippen molar-refractivity contribution in [3.8, 4) is 21.9 Å². The Balaban J connectivity index is 2.09. The molecule has 0 N–H and O–H groups in total. The fraction of sp³-hybridized carbons (Fsp3) is 0.125. The van der Waals surface area contributed by atoms with Crippen molar-refractivity contribution in [3.05, 3.63) is 48.5 Å². The summed E-state index contributed by atoms with van der Waals surface area (Å²) in [6, 6.07) is 16.4. The lowest BCUT2D eigenvalue weighted by Crippen LogP contribution is -1.81. The zero-order valence-electron chi connectivity index (χ0n) is 10.8. The van der Waals surface area contributed by atoms with Crippen LogP contribution >= 0.6 is 11.3 Å². The van der Waals surface area contributed by atoms with Crippen LogP contribution in [0.1, 0.15) is 0 Å². The average Bonchev–Trinajstić information content (AvgIpc) is 2.91. The summed E-state index contributed by atoms with van der Waals surface area (Å²) in [6.45, 7) is 0. The van der Waals surface area contributed by atoms with Crippen LogP contribution in [0.3, 0.4) is 0 Å². The van der Waals surface area contributed by atoms with Crippen LogP contribution in [-0.4, -0.2) is 14.2 Å². The maximum absolute atomic E-state index is 5.40. The molecule has 2 nitrogen and oxygen atoms in total. The summed E-state index contributed by atoms with van der Waals surface area (Å²) >= 11 is 1.77. The van der Waals surface area contributed by atoms with Crippen LogP contribution in [0.15, 0.2) is 48.5 Å². The maximum atomic E-state index is 5.40. The van der Waals surface area contributed by atoms with Crippen LogP contribution in [0.2, 0.25) is 0 Å². The van der Waals surface area contributed by atoms with Gasteiger partial charge >= 0.3 is 0 Å². The second-order valence-corrected chi connectivity index (χ2v) is 5.30. The quantitative estimate of drug-likeness (QED) is 0.693. The highest BCUT2D eigenvalue weighted by molar-refractivity contribution is 7.22. The summed E-state index contributed by atoms with van der Waals surface area (Å²) in [6.07, 6.45) is 0. The Labute approximate surface area is 116 Å². The molecule has 0 spiro atoms. The van der Waals surface area contributed by atoms with Gasteiger partial charge in [0.15, 0.2) is 0 Å². The van der Waals surface area contributed by atoms with Crippen LogP contribution in [-0.2, 0) is 0 Å². The number of thiophene rings is 1. The third kappa shape index (κ3) is 2.17. The van der Waals surface area contributed by atoms with Crippen molar-refractivity contribution >= 4 is 21.4 Å². The summed E-state index contributed by atoms with van der Waals surface area (Å²) in [4.78, 5) is 1.24. The summed E-state index contributed by atoms with van der Waals surface area (Å²) in [5, 5.41) is 1.17. The lowest BCUT2D eigenvalue weighted by molar-refractivity contribution is 0.415. The van der Waals surface area contributed by atoms with Gasteiger partial charge < -0.3 is 9.47 Å². The molecule has 0 unspecified atom stereocenters. The normalized spacial score (nSPS) is 10.6. The number of hydrogen-bond acceptors (Lipinski definition) is 3. The van der Waals surface area contributed by atoms with Crippen LogP contribution in [0.4, 0.5) is 0 Å². The summed E-state index contributed by atoms with van der Waals surface area (Å²) in [5.74, 6) is 1.80. The first-order valence-electron chi connectivity index (χ1n) is 6.03. The van der Waals surface area contributed by atoms with Gasteiger partial charge in [-0.15, -0.1) is 11.3 Å². The molecule has 1 heterocycles. The summed E-state index contributed by atoms with van der Waals surface area (Å²) in [5.41, 5.74) is 1.20. The molecular formula is C16H14O2S. The standard InChI is InChI=1S/C16H14O2S/c1-17-12-8-6-11(7-9-12)16-10-13-14(18-2)4-3-5-15(13)19-16/h3-10H,1-2H3. The lowest BCUT2D eigenvalue weighted by atomic mass is 10.1. The van der Waals surface area contributed by atoms with Gasteiger partial charge in [-0.25, -0.2) is 0 Å². The largest absolute Gasteiger partial charge is 0.497 e. The van der Waals surface area contributed by atoms with E-state index in [1.54, 1.807) is 25.6 Å². The zero-order valence-corrected chi connectivity index (χ0v) is 11.7. The Morgan fingerprint density at radius 1 is 0.895 bits per heavy atom. The van der Waals surface area contributed by atoms with Gasteiger partial charge in [0.05, 0.1) is 14.2 Å². The zero-order chi connectivity index (χ0) is 13.2. The monoisotopic (exact) mass is 270 g/mol. The van der Waals surface area contributed by atoms with E-state index in [-0.39, 0.29) is 0 Å². The minimum atomic E-state index is 0.877. The highest BCUT2D eigenvalue weighted by Gasteiger charge is 2.08. The molecule has 0 radical (unpaired) electrons. The Morgan fingerprint density at radius 2 is 1.68 bits per heavy atom. The number of fused-ring (bicyclic) bond motifs is 1. The molecule has 96 valence electrons. The number of rotatable bonds is 3. The Bertz CT molecular complexity index is 698. The molecule has 0 atom stereocenters. The van der Waals surface area contributed by atoms with Crippen molar-refractivity contribution in [1.29, 1.82) is 0 Å². The molecule has 0 aliphatic rings. The molecule has 1 aromatic heterocycles. The van der Waals surface area contributed by atoms with Gasteiger partial charge in [0.1, 0.15) is 11.5 Å². The molecule has 0 fully saturated rings. The van der Waals surface area contributed by atoms with Gasteiger partial charge in [0.25, 0.3) is 0 Å². The van der Waals surface area contributed by atoms with Crippen LogP contribution in [0.25, 0.3) is 20.5 Å². The van der Waals surface area contributed by atoms with Crippen molar-refractivity contribution in [2.24, 2.45) is 0 Å².